The van der Waals surface area contributed by atoms with Crippen molar-refractivity contribution < 1.29 is 4.52 Å². The van der Waals surface area contributed by atoms with Crippen LogP contribution in [0.1, 0.15) is 48.7 Å². The summed E-state index contributed by atoms with van der Waals surface area (Å²) in [5, 5.41) is 4.13. The first-order valence-corrected chi connectivity index (χ1v) is 9.80. The summed E-state index contributed by atoms with van der Waals surface area (Å²) in [6.45, 7) is 2.06. The molecule has 2 aromatic carbocycles. The Hall–Kier alpha value is -3.15. The molecule has 0 aliphatic heterocycles. The maximum atomic E-state index is 12.5. The first-order chi connectivity index (χ1) is 13.7. The lowest BCUT2D eigenvalue weighted by Gasteiger charge is -2.11. The number of aryl methyl sites for hydroxylation is 1. The smallest absolute Gasteiger partial charge is 0.326 e. The maximum Gasteiger partial charge on any atom is 0.326 e. The average molecular weight is 374 g/mol. The van der Waals surface area contributed by atoms with Gasteiger partial charge in [0.25, 0.3) is 0 Å². The van der Waals surface area contributed by atoms with E-state index in [2.05, 4.69) is 46.3 Å². The summed E-state index contributed by atoms with van der Waals surface area (Å²) in [6.07, 6.45) is 5.12. The molecule has 5 rings (SSSR count). The summed E-state index contributed by atoms with van der Waals surface area (Å²) < 4.78 is 7.35. The zero-order valence-electron chi connectivity index (χ0n) is 15.8. The molecule has 0 radical (unpaired) electrons. The van der Waals surface area contributed by atoms with Gasteiger partial charge in [0, 0.05) is 11.6 Å². The van der Waals surface area contributed by atoms with Gasteiger partial charge in [0.15, 0.2) is 0 Å². The van der Waals surface area contributed by atoms with Crippen molar-refractivity contribution >= 4 is 11.0 Å². The number of hydrogen-bond acceptors (Lipinski definition) is 4. The predicted molar refractivity (Wildman–Crippen MR) is 107 cm³/mol. The number of nitrogens with one attached hydrogen (secondary N) is 1. The fourth-order valence-electron chi connectivity index (χ4n) is 4.12. The van der Waals surface area contributed by atoms with Crippen LogP contribution in [0.25, 0.3) is 22.4 Å². The molecule has 4 aromatic rings. The lowest BCUT2D eigenvalue weighted by atomic mass is 10.1. The SMILES string of the molecule is Cc1ccc(Cc2nc(-c3ccc4c(c3)[nH]c(=O)n4C3CCCC3)no2)cc1. The van der Waals surface area contributed by atoms with Crippen molar-refractivity contribution in [1.29, 1.82) is 0 Å². The number of fused-ring (bicyclic) bond motifs is 1. The fourth-order valence-corrected chi connectivity index (χ4v) is 4.12. The van der Waals surface area contributed by atoms with Gasteiger partial charge in [-0.15, -0.1) is 0 Å². The second-order valence-corrected chi connectivity index (χ2v) is 7.64. The monoisotopic (exact) mass is 374 g/mol. The average Bonchev–Trinajstić information content (AvgIpc) is 3.42. The van der Waals surface area contributed by atoms with Crippen molar-refractivity contribution in [2.45, 2.75) is 45.1 Å². The Kier molecular flexibility index (Phi) is 4.11. The molecule has 6 heteroatoms. The van der Waals surface area contributed by atoms with Crippen LogP contribution in [0, 0.1) is 6.92 Å². The zero-order chi connectivity index (χ0) is 19.1. The van der Waals surface area contributed by atoms with E-state index in [4.69, 9.17) is 4.52 Å². The third kappa shape index (κ3) is 3.05. The van der Waals surface area contributed by atoms with Crippen LogP contribution >= 0.6 is 0 Å². The second kappa shape index (κ2) is 6.78. The number of aromatic amines is 1. The van der Waals surface area contributed by atoms with E-state index in [1.165, 1.54) is 18.4 Å². The second-order valence-electron chi connectivity index (χ2n) is 7.64. The van der Waals surface area contributed by atoms with E-state index in [1.807, 2.05) is 22.8 Å². The highest BCUT2D eigenvalue weighted by molar-refractivity contribution is 5.80. The van der Waals surface area contributed by atoms with Gasteiger partial charge in [-0.05, 0) is 43.5 Å². The van der Waals surface area contributed by atoms with Crippen LogP contribution in [0.15, 0.2) is 51.8 Å². The molecule has 142 valence electrons. The van der Waals surface area contributed by atoms with Crippen LogP contribution in [-0.2, 0) is 6.42 Å². The van der Waals surface area contributed by atoms with Gasteiger partial charge in [0.2, 0.25) is 11.7 Å². The lowest BCUT2D eigenvalue weighted by Crippen LogP contribution is -2.20. The molecular formula is C22H22N4O2. The van der Waals surface area contributed by atoms with Gasteiger partial charge in [0.05, 0.1) is 17.5 Å². The van der Waals surface area contributed by atoms with Crippen molar-refractivity contribution in [3.63, 3.8) is 0 Å². The normalized spacial score (nSPS) is 14.9. The van der Waals surface area contributed by atoms with Gasteiger partial charge in [-0.25, -0.2) is 4.79 Å². The molecule has 0 atom stereocenters. The van der Waals surface area contributed by atoms with Crippen molar-refractivity contribution in [1.82, 2.24) is 19.7 Å². The van der Waals surface area contributed by atoms with Crippen molar-refractivity contribution in [3.05, 3.63) is 70.0 Å². The third-order valence-corrected chi connectivity index (χ3v) is 5.61. The Labute approximate surface area is 162 Å². The number of rotatable bonds is 4. The molecule has 1 aliphatic carbocycles. The molecule has 0 spiro atoms. The van der Waals surface area contributed by atoms with Crippen LogP contribution in [0.3, 0.4) is 0 Å². The minimum atomic E-state index is -0.0350. The third-order valence-electron chi connectivity index (χ3n) is 5.61. The Balaban J connectivity index is 1.44. The molecule has 1 fully saturated rings. The fraction of sp³-hybridized carbons (Fsp3) is 0.318. The molecule has 0 bridgehead atoms. The highest BCUT2D eigenvalue weighted by Gasteiger charge is 2.21. The molecule has 1 aliphatic rings. The van der Waals surface area contributed by atoms with Crippen LogP contribution in [0.2, 0.25) is 0 Å². The molecule has 2 heterocycles. The van der Waals surface area contributed by atoms with Crippen LogP contribution in [0.5, 0.6) is 0 Å². The standard InChI is InChI=1S/C22H22N4O2/c1-14-6-8-15(9-7-14)12-20-24-21(25-28-20)16-10-11-19-18(13-16)23-22(27)26(19)17-4-2-3-5-17/h6-11,13,17H,2-5,12H2,1H3,(H,23,27). The van der Waals surface area contributed by atoms with E-state index in [-0.39, 0.29) is 5.69 Å². The molecular weight excluding hydrogens is 352 g/mol. The number of H-pyrrole nitrogens is 1. The number of imidazole rings is 1. The summed E-state index contributed by atoms with van der Waals surface area (Å²) in [5.74, 6) is 1.12. The molecule has 28 heavy (non-hydrogen) atoms. The van der Waals surface area contributed by atoms with Gasteiger partial charge in [-0.1, -0.05) is 47.8 Å². The van der Waals surface area contributed by atoms with Gasteiger partial charge in [-0.3, -0.25) is 4.57 Å². The molecule has 1 saturated carbocycles. The Morgan fingerprint density at radius 3 is 2.71 bits per heavy atom. The van der Waals surface area contributed by atoms with Gasteiger partial charge < -0.3 is 9.51 Å². The van der Waals surface area contributed by atoms with Crippen LogP contribution < -0.4 is 5.69 Å². The summed E-state index contributed by atoms with van der Waals surface area (Å²) in [7, 11) is 0. The molecule has 0 unspecified atom stereocenters. The number of aromatic nitrogens is 4. The Bertz CT molecular complexity index is 1180. The van der Waals surface area contributed by atoms with Gasteiger partial charge in [-0.2, -0.15) is 4.98 Å². The van der Waals surface area contributed by atoms with E-state index >= 15 is 0 Å². The largest absolute Gasteiger partial charge is 0.339 e. The molecule has 1 N–H and O–H groups in total. The molecule has 0 saturated heterocycles. The first-order valence-electron chi connectivity index (χ1n) is 9.80. The summed E-state index contributed by atoms with van der Waals surface area (Å²) in [6, 6.07) is 14.5. The first kappa shape index (κ1) is 17.0. The van der Waals surface area contributed by atoms with E-state index in [0.29, 0.717) is 24.2 Å². The zero-order valence-corrected chi connectivity index (χ0v) is 15.8. The number of benzene rings is 2. The van der Waals surface area contributed by atoms with Crippen LogP contribution in [-0.4, -0.2) is 19.7 Å². The van der Waals surface area contributed by atoms with Crippen molar-refractivity contribution in [2.75, 3.05) is 0 Å². The van der Waals surface area contributed by atoms with Crippen molar-refractivity contribution in [2.24, 2.45) is 0 Å². The lowest BCUT2D eigenvalue weighted by molar-refractivity contribution is 0.385. The van der Waals surface area contributed by atoms with E-state index in [1.54, 1.807) is 0 Å². The Morgan fingerprint density at radius 2 is 1.93 bits per heavy atom. The van der Waals surface area contributed by atoms with Crippen LogP contribution in [0.4, 0.5) is 0 Å². The summed E-state index contributed by atoms with van der Waals surface area (Å²) >= 11 is 0. The Morgan fingerprint density at radius 1 is 1.14 bits per heavy atom. The molecule has 0 amide bonds. The highest BCUT2D eigenvalue weighted by atomic mass is 16.5. The maximum absolute atomic E-state index is 12.5. The minimum Gasteiger partial charge on any atom is -0.339 e. The number of nitrogens with zero attached hydrogens (tertiary/aromatic N) is 3. The predicted octanol–water partition coefficient (Wildman–Crippen LogP) is 4.39. The van der Waals surface area contributed by atoms with Gasteiger partial charge >= 0.3 is 5.69 Å². The van der Waals surface area contributed by atoms with E-state index in [0.717, 1.165) is 35.0 Å². The topological polar surface area (TPSA) is 76.7 Å². The van der Waals surface area contributed by atoms with Crippen molar-refractivity contribution in [3.8, 4) is 11.4 Å². The highest BCUT2D eigenvalue weighted by Crippen LogP contribution is 2.31. The van der Waals surface area contributed by atoms with E-state index in [9.17, 15) is 4.79 Å². The quantitative estimate of drug-likeness (QED) is 0.575. The van der Waals surface area contributed by atoms with Gasteiger partial charge in [0.1, 0.15) is 0 Å². The summed E-state index contributed by atoms with van der Waals surface area (Å²) in [4.78, 5) is 20.0. The molecule has 6 nitrogen and oxygen atoms in total. The number of hydrogen-bond donors (Lipinski definition) is 1. The summed E-state index contributed by atoms with van der Waals surface area (Å²) in [5.41, 5.74) is 4.93. The minimum absolute atomic E-state index is 0.0350. The molecule has 2 aromatic heterocycles. The van der Waals surface area contributed by atoms with E-state index < -0.39 is 0 Å².